The summed E-state index contributed by atoms with van der Waals surface area (Å²) in [5, 5.41) is 11.6. The highest BCUT2D eigenvalue weighted by Gasteiger charge is 1.98. The summed E-state index contributed by atoms with van der Waals surface area (Å²) in [7, 11) is 0. The SMILES string of the molecule is CCCCCCl.O=C(O)c1ccsc1. The maximum Gasteiger partial charge on any atom is 0.336 e. The number of hydrogen-bond donors (Lipinski definition) is 1. The standard InChI is InChI=1S/C5H11Cl.C5H4O2S/c1-2-3-4-5-6;6-5(7)4-1-2-8-3-4/h2-5H2,1H3;1-3H,(H,6,7). The molecule has 0 spiro atoms. The van der Waals surface area contributed by atoms with Gasteiger partial charge in [-0.25, -0.2) is 4.79 Å². The Morgan fingerprint density at radius 1 is 1.57 bits per heavy atom. The third kappa shape index (κ3) is 6.92. The van der Waals surface area contributed by atoms with Crippen molar-refractivity contribution in [2.75, 3.05) is 5.88 Å². The fraction of sp³-hybridized carbons (Fsp3) is 0.500. The zero-order chi connectivity index (χ0) is 10.8. The largest absolute Gasteiger partial charge is 0.478 e. The van der Waals surface area contributed by atoms with Crippen LogP contribution in [0.2, 0.25) is 0 Å². The maximum absolute atomic E-state index is 10.1. The Kier molecular flexibility index (Phi) is 8.68. The number of aromatic carboxylic acids is 1. The molecule has 1 aromatic heterocycles. The van der Waals surface area contributed by atoms with Gasteiger partial charge in [-0.2, -0.15) is 11.3 Å². The molecule has 4 heteroatoms. The predicted molar refractivity (Wildman–Crippen MR) is 61.5 cm³/mol. The monoisotopic (exact) mass is 234 g/mol. The second-order valence-corrected chi connectivity index (χ2v) is 3.87. The lowest BCUT2D eigenvalue weighted by atomic mass is 10.3. The lowest BCUT2D eigenvalue weighted by Crippen LogP contribution is -1.90. The van der Waals surface area contributed by atoms with Crippen molar-refractivity contribution in [3.05, 3.63) is 22.4 Å². The second kappa shape index (κ2) is 9.03. The molecule has 1 aromatic rings. The summed E-state index contributed by atoms with van der Waals surface area (Å²) in [6, 6.07) is 1.58. The van der Waals surface area contributed by atoms with Crippen molar-refractivity contribution < 1.29 is 9.90 Å². The first-order valence-electron chi connectivity index (χ1n) is 4.53. The lowest BCUT2D eigenvalue weighted by Gasteiger charge is -1.84. The third-order valence-corrected chi connectivity index (χ3v) is 2.46. The zero-order valence-corrected chi connectivity index (χ0v) is 9.77. The van der Waals surface area contributed by atoms with Crippen LogP contribution in [0, 0.1) is 0 Å². The van der Waals surface area contributed by atoms with Gasteiger partial charge in [0.1, 0.15) is 0 Å². The number of carbonyl (C=O) groups is 1. The highest BCUT2D eigenvalue weighted by atomic mass is 35.5. The van der Waals surface area contributed by atoms with Gasteiger partial charge in [0.2, 0.25) is 0 Å². The smallest absolute Gasteiger partial charge is 0.336 e. The lowest BCUT2D eigenvalue weighted by molar-refractivity contribution is 0.0697. The van der Waals surface area contributed by atoms with Crippen LogP contribution >= 0.6 is 22.9 Å². The summed E-state index contributed by atoms with van der Waals surface area (Å²) in [6.45, 7) is 2.17. The van der Waals surface area contributed by atoms with Gasteiger partial charge in [-0.3, -0.25) is 0 Å². The third-order valence-electron chi connectivity index (χ3n) is 1.51. The van der Waals surface area contributed by atoms with E-state index >= 15 is 0 Å². The van der Waals surface area contributed by atoms with E-state index in [0.29, 0.717) is 5.56 Å². The van der Waals surface area contributed by atoms with Gasteiger partial charge in [0, 0.05) is 11.3 Å². The van der Waals surface area contributed by atoms with Gasteiger partial charge in [-0.05, 0) is 17.9 Å². The molecular formula is C10H15ClO2S. The molecule has 0 fully saturated rings. The van der Waals surface area contributed by atoms with E-state index in [4.69, 9.17) is 16.7 Å². The minimum absolute atomic E-state index is 0.370. The summed E-state index contributed by atoms with van der Waals surface area (Å²) in [5.74, 6) is -0.0281. The van der Waals surface area contributed by atoms with E-state index < -0.39 is 5.97 Å². The summed E-state index contributed by atoms with van der Waals surface area (Å²) < 4.78 is 0. The molecule has 14 heavy (non-hydrogen) atoms. The molecule has 0 saturated heterocycles. The molecule has 0 aromatic carbocycles. The number of rotatable bonds is 4. The van der Waals surface area contributed by atoms with Gasteiger partial charge < -0.3 is 5.11 Å². The minimum Gasteiger partial charge on any atom is -0.478 e. The minimum atomic E-state index is -0.855. The van der Waals surface area contributed by atoms with Crippen LogP contribution in [0.4, 0.5) is 0 Å². The summed E-state index contributed by atoms with van der Waals surface area (Å²) in [5.41, 5.74) is 0.370. The van der Waals surface area contributed by atoms with Crippen molar-refractivity contribution in [1.29, 1.82) is 0 Å². The fourth-order valence-electron chi connectivity index (χ4n) is 0.731. The number of unbranched alkanes of at least 4 members (excludes halogenated alkanes) is 2. The van der Waals surface area contributed by atoms with Gasteiger partial charge in [-0.15, -0.1) is 11.6 Å². The Bertz CT molecular complexity index is 230. The molecule has 0 aliphatic heterocycles. The molecule has 0 atom stereocenters. The Morgan fingerprint density at radius 3 is 2.50 bits per heavy atom. The van der Waals surface area contributed by atoms with Crippen molar-refractivity contribution >= 4 is 28.9 Å². The van der Waals surface area contributed by atoms with Gasteiger partial charge >= 0.3 is 5.97 Å². The van der Waals surface area contributed by atoms with Gasteiger partial charge in [0.05, 0.1) is 5.56 Å². The number of carboxylic acid groups (broad SMARTS) is 1. The molecule has 0 unspecified atom stereocenters. The molecule has 0 aliphatic carbocycles. The molecule has 1 heterocycles. The van der Waals surface area contributed by atoms with Gasteiger partial charge in [0.15, 0.2) is 0 Å². The van der Waals surface area contributed by atoms with Crippen LogP contribution < -0.4 is 0 Å². The van der Waals surface area contributed by atoms with Crippen LogP contribution in [-0.2, 0) is 0 Å². The molecule has 1 rings (SSSR count). The van der Waals surface area contributed by atoms with Crippen LogP contribution in [0.1, 0.15) is 36.5 Å². The Balaban J connectivity index is 0.000000255. The quantitative estimate of drug-likeness (QED) is 0.635. The molecule has 0 amide bonds. The van der Waals surface area contributed by atoms with Crippen LogP contribution in [0.3, 0.4) is 0 Å². The van der Waals surface area contributed by atoms with E-state index in [1.54, 1.807) is 16.8 Å². The van der Waals surface area contributed by atoms with Crippen LogP contribution in [0.15, 0.2) is 16.8 Å². The summed E-state index contributed by atoms with van der Waals surface area (Å²) in [4.78, 5) is 10.1. The number of hydrogen-bond acceptors (Lipinski definition) is 2. The Labute approximate surface area is 93.5 Å². The van der Waals surface area contributed by atoms with E-state index in [-0.39, 0.29) is 0 Å². The van der Waals surface area contributed by atoms with Gasteiger partial charge in [0.25, 0.3) is 0 Å². The van der Waals surface area contributed by atoms with Crippen molar-refractivity contribution in [2.45, 2.75) is 26.2 Å². The average molecular weight is 235 g/mol. The molecule has 2 nitrogen and oxygen atoms in total. The number of thiophene rings is 1. The molecule has 0 bridgehead atoms. The van der Waals surface area contributed by atoms with Crippen LogP contribution in [0.5, 0.6) is 0 Å². The Hall–Kier alpha value is -0.540. The molecule has 0 aliphatic rings. The predicted octanol–water partition coefficient (Wildman–Crippen LogP) is 3.86. The highest BCUT2D eigenvalue weighted by molar-refractivity contribution is 7.08. The first kappa shape index (κ1) is 13.5. The van der Waals surface area contributed by atoms with Gasteiger partial charge in [-0.1, -0.05) is 19.8 Å². The number of halogens is 1. The van der Waals surface area contributed by atoms with E-state index in [1.807, 2.05) is 0 Å². The van der Waals surface area contributed by atoms with E-state index in [0.717, 1.165) is 5.88 Å². The first-order valence-corrected chi connectivity index (χ1v) is 6.01. The zero-order valence-electron chi connectivity index (χ0n) is 8.20. The fourth-order valence-corrected chi connectivity index (χ4v) is 1.55. The van der Waals surface area contributed by atoms with Crippen molar-refractivity contribution in [1.82, 2.24) is 0 Å². The Morgan fingerprint density at radius 2 is 2.29 bits per heavy atom. The first-order chi connectivity index (χ1) is 6.72. The van der Waals surface area contributed by atoms with Crippen molar-refractivity contribution in [2.24, 2.45) is 0 Å². The highest BCUT2D eigenvalue weighted by Crippen LogP contribution is 2.04. The molecular weight excluding hydrogens is 220 g/mol. The van der Waals surface area contributed by atoms with Crippen LogP contribution in [-0.4, -0.2) is 17.0 Å². The van der Waals surface area contributed by atoms with Crippen molar-refractivity contribution in [3.8, 4) is 0 Å². The maximum atomic E-state index is 10.1. The van der Waals surface area contributed by atoms with E-state index in [1.165, 1.54) is 30.6 Å². The molecule has 1 N–H and O–H groups in total. The van der Waals surface area contributed by atoms with Crippen LogP contribution in [0.25, 0.3) is 0 Å². The average Bonchev–Trinajstić information content (AvgIpc) is 2.68. The summed E-state index contributed by atoms with van der Waals surface area (Å²) in [6.07, 6.45) is 3.73. The molecule has 80 valence electrons. The second-order valence-electron chi connectivity index (χ2n) is 2.71. The molecule has 0 saturated carbocycles. The normalized spacial score (nSPS) is 9.00. The molecule has 0 radical (unpaired) electrons. The van der Waals surface area contributed by atoms with E-state index in [9.17, 15) is 4.79 Å². The number of carboxylic acids is 1. The van der Waals surface area contributed by atoms with Crippen molar-refractivity contribution in [3.63, 3.8) is 0 Å². The topological polar surface area (TPSA) is 37.3 Å². The number of alkyl halides is 1. The summed E-state index contributed by atoms with van der Waals surface area (Å²) >= 11 is 6.77. The van der Waals surface area contributed by atoms with E-state index in [2.05, 4.69) is 6.92 Å².